The Morgan fingerprint density at radius 3 is 2.47 bits per heavy atom. The van der Waals surface area contributed by atoms with Crippen LogP contribution in [0.2, 0.25) is 5.02 Å². The Hall–Kier alpha value is -2.49. The van der Waals surface area contributed by atoms with Gasteiger partial charge >= 0.3 is 0 Å². The highest BCUT2D eigenvalue weighted by atomic mass is 35.5. The van der Waals surface area contributed by atoms with Crippen LogP contribution in [0.1, 0.15) is 12.0 Å². The summed E-state index contributed by atoms with van der Waals surface area (Å²) in [5.41, 5.74) is 1.74. The molecule has 0 atom stereocenters. The van der Waals surface area contributed by atoms with Crippen molar-refractivity contribution < 1.29 is 22.7 Å². The standard InChI is InChI=1S/C22H26ClN3O5S/c1-16-3-5-19(18(23)13-16)24-15-22(27)25-7-9-26(10-8-25)32(28,29)17-4-6-20-21(14-17)31-12-2-11-30-20/h3-6,13-14,24H,2,7-12,15H2,1H3. The van der Waals surface area contributed by atoms with Crippen LogP contribution >= 0.6 is 11.6 Å². The summed E-state index contributed by atoms with van der Waals surface area (Å²) in [5, 5.41) is 3.62. The van der Waals surface area contributed by atoms with Crippen molar-refractivity contribution in [2.45, 2.75) is 18.2 Å². The van der Waals surface area contributed by atoms with E-state index in [9.17, 15) is 13.2 Å². The van der Waals surface area contributed by atoms with Gasteiger partial charge in [-0.3, -0.25) is 4.79 Å². The third-order valence-corrected chi connectivity index (χ3v) is 7.71. The first-order chi connectivity index (χ1) is 15.3. The summed E-state index contributed by atoms with van der Waals surface area (Å²) in [6.07, 6.45) is 0.748. The summed E-state index contributed by atoms with van der Waals surface area (Å²) in [5.74, 6) is 0.894. The number of sulfonamides is 1. The monoisotopic (exact) mass is 479 g/mol. The van der Waals surface area contributed by atoms with Crippen LogP contribution in [0.3, 0.4) is 0 Å². The zero-order valence-electron chi connectivity index (χ0n) is 17.8. The zero-order chi connectivity index (χ0) is 22.7. The van der Waals surface area contributed by atoms with Crippen molar-refractivity contribution in [3.8, 4) is 11.5 Å². The number of carbonyl (C=O) groups is 1. The average molecular weight is 480 g/mol. The van der Waals surface area contributed by atoms with E-state index in [4.69, 9.17) is 21.1 Å². The van der Waals surface area contributed by atoms with E-state index < -0.39 is 10.0 Å². The van der Waals surface area contributed by atoms with Crippen molar-refractivity contribution in [2.75, 3.05) is 51.3 Å². The maximum Gasteiger partial charge on any atom is 0.243 e. The molecule has 2 heterocycles. The second-order valence-electron chi connectivity index (χ2n) is 7.78. The lowest BCUT2D eigenvalue weighted by Crippen LogP contribution is -2.51. The van der Waals surface area contributed by atoms with Crippen molar-refractivity contribution in [1.29, 1.82) is 0 Å². The molecule has 32 heavy (non-hydrogen) atoms. The Bertz CT molecular complexity index is 1100. The number of fused-ring (bicyclic) bond motifs is 1. The van der Waals surface area contributed by atoms with Crippen molar-refractivity contribution in [2.24, 2.45) is 0 Å². The van der Waals surface area contributed by atoms with Crippen LogP contribution in [-0.2, 0) is 14.8 Å². The van der Waals surface area contributed by atoms with E-state index in [1.807, 2.05) is 25.1 Å². The van der Waals surface area contributed by atoms with Gasteiger partial charge < -0.3 is 19.7 Å². The number of benzene rings is 2. The second-order valence-corrected chi connectivity index (χ2v) is 10.1. The van der Waals surface area contributed by atoms with Gasteiger partial charge in [-0.15, -0.1) is 0 Å². The first-order valence-corrected chi connectivity index (χ1v) is 12.3. The molecular formula is C22H26ClN3O5S. The van der Waals surface area contributed by atoms with E-state index in [0.29, 0.717) is 48.5 Å². The van der Waals surface area contributed by atoms with Crippen LogP contribution < -0.4 is 14.8 Å². The number of piperazine rings is 1. The number of hydrogen-bond acceptors (Lipinski definition) is 6. The van der Waals surface area contributed by atoms with E-state index >= 15 is 0 Å². The van der Waals surface area contributed by atoms with Crippen LogP contribution in [0.15, 0.2) is 41.3 Å². The van der Waals surface area contributed by atoms with Gasteiger partial charge in [-0.25, -0.2) is 8.42 Å². The van der Waals surface area contributed by atoms with E-state index in [-0.39, 0.29) is 30.4 Å². The fraction of sp³-hybridized carbons (Fsp3) is 0.409. The molecule has 0 radical (unpaired) electrons. The van der Waals surface area contributed by atoms with Gasteiger partial charge in [0, 0.05) is 38.7 Å². The van der Waals surface area contributed by atoms with Crippen LogP contribution in [0, 0.1) is 6.92 Å². The molecule has 0 saturated carbocycles. The summed E-state index contributed by atoms with van der Waals surface area (Å²) in [7, 11) is -3.69. The number of aryl methyl sites for hydroxylation is 1. The number of nitrogens with one attached hydrogen (secondary N) is 1. The van der Waals surface area contributed by atoms with Crippen LogP contribution in [0.25, 0.3) is 0 Å². The largest absolute Gasteiger partial charge is 0.490 e. The minimum atomic E-state index is -3.69. The maximum absolute atomic E-state index is 13.1. The number of hydrogen-bond donors (Lipinski definition) is 1. The Morgan fingerprint density at radius 1 is 1.03 bits per heavy atom. The number of rotatable bonds is 5. The third kappa shape index (κ3) is 4.95. The Balaban J connectivity index is 1.35. The minimum Gasteiger partial charge on any atom is -0.490 e. The van der Waals surface area contributed by atoms with Gasteiger partial charge in [-0.2, -0.15) is 4.31 Å². The third-order valence-electron chi connectivity index (χ3n) is 5.50. The molecule has 0 spiro atoms. The van der Waals surface area contributed by atoms with E-state index in [1.54, 1.807) is 11.0 Å². The molecule has 2 aliphatic rings. The van der Waals surface area contributed by atoms with E-state index in [2.05, 4.69) is 5.32 Å². The molecule has 1 saturated heterocycles. The molecule has 8 nitrogen and oxygen atoms in total. The van der Waals surface area contributed by atoms with Crippen LogP contribution in [-0.4, -0.2) is 69.5 Å². The minimum absolute atomic E-state index is 0.0949. The van der Waals surface area contributed by atoms with E-state index in [0.717, 1.165) is 12.0 Å². The van der Waals surface area contributed by atoms with Crippen molar-refractivity contribution in [1.82, 2.24) is 9.21 Å². The highest BCUT2D eigenvalue weighted by molar-refractivity contribution is 7.89. The Morgan fingerprint density at radius 2 is 1.75 bits per heavy atom. The fourth-order valence-corrected chi connectivity index (χ4v) is 5.42. The SMILES string of the molecule is Cc1ccc(NCC(=O)N2CCN(S(=O)(=O)c3ccc4c(c3)OCCCO4)CC2)c(Cl)c1. The van der Waals surface area contributed by atoms with Gasteiger partial charge in [0.25, 0.3) is 0 Å². The molecule has 0 aliphatic carbocycles. The van der Waals surface area contributed by atoms with Crippen molar-refractivity contribution >= 4 is 33.2 Å². The van der Waals surface area contributed by atoms with Gasteiger partial charge in [-0.1, -0.05) is 17.7 Å². The second kappa shape index (κ2) is 9.56. The normalized spacial score (nSPS) is 17.0. The molecule has 10 heteroatoms. The number of ether oxygens (including phenoxy) is 2. The predicted molar refractivity (Wildman–Crippen MR) is 122 cm³/mol. The molecule has 1 amide bonds. The molecule has 4 rings (SSSR count). The molecule has 2 aromatic carbocycles. The molecule has 0 unspecified atom stereocenters. The highest BCUT2D eigenvalue weighted by Gasteiger charge is 2.31. The molecule has 0 aromatic heterocycles. The summed E-state index contributed by atoms with van der Waals surface area (Å²) in [6.45, 7) is 4.18. The molecule has 1 fully saturated rings. The molecule has 1 N–H and O–H groups in total. The number of nitrogens with zero attached hydrogens (tertiary/aromatic N) is 2. The van der Waals surface area contributed by atoms with E-state index in [1.165, 1.54) is 16.4 Å². The lowest BCUT2D eigenvalue weighted by Gasteiger charge is -2.34. The summed E-state index contributed by atoms with van der Waals surface area (Å²) in [4.78, 5) is 14.4. The summed E-state index contributed by atoms with van der Waals surface area (Å²) < 4.78 is 38.8. The van der Waals surface area contributed by atoms with Gasteiger partial charge in [0.2, 0.25) is 15.9 Å². The quantitative estimate of drug-likeness (QED) is 0.709. The zero-order valence-corrected chi connectivity index (χ0v) is 19.4. The van der Waals surface area contributed by atoms with Gasteiger partial charge in [0.1, 0.15) is 0 Å². The Kier molecular flexibility index (Phi) is 6.78. The molecular weight excluding hydrogens is 454 g/mol. The van der Waals surface area contributed by atoms with Crippen molar-refractivity contribution in [3.05, 3.63) is 47.0 Å². The fourth-order valence-electron chi connectivity index (χ4n) is 3.68. The average Bonchev–Trinajstić information content (AvgIpc) is 3.03. The number of carbonyl (C=O) groups excluding carboxylic acids is 1. The number of anilines is 1. The topological polar surface area (TPSA) is 88.2 Å². The summed E-state index contributed by atoms with van der Waals surface area (Å²) >= 11 is 6.20. The van der Waals surface area contributed by atoms with Crippen LogP contribution in [0.5, 0.6) is 11.5 Å². The van der Waals surface area contributed by atoms with Gasteiger partial charge in [0.15, 0.2) is 11.5 Å². The summed E-state index contributed by atoms with van der Waals surface area (Å²) in [6, 6.07) is 10.3. The lowest BCUT2D eigenvalue weighted by atomic mass is 10.2. The molecule has 2 aliphatic heterocycles. The van der Waals surface area contributed by atoms with Gasteiger partial charge in [0.05, 0.1) is 35.4 Å². The maximum atomic E-state index is 13.1. The smallest absolute Gasteiger partial charge is 0.243 e. The Labute approximate surface area is 193 Å². The number of amides is 1. The number of halogens is 1. The predicted octanol–water partition coefficient (Wildman–Crippen LogP) is 2.75. The molecule has 172 valence electrons. The highest BCUT2D eigenvalue weighted by Crippen LogP contribution is 2.33. The van der Waals surface area contributed by atoms with Crippen molar-refractivity contribution in [3.63, 3.8) is 0 Å². The van der Waals surface area contributed by atoms with Gasteiger partial charge in [-0.05, 0) is 36.8 Å². The lowest BCUT2D eigenvalue weighted by molar-refractivity contribution is -0.130. The molecule has 0 bridgehead atoms. The first-order valence-electron chi connectivity index (χ1n) is 10.5. The van der Waals surface area contributed by atoms with Crippen LogP contribution in [0.4, 0.5) is 5.69 Å². The molecule has 2 aromatic rings. The first kappa shape index (κ1) is 22.7.